The van der Waals surface area contributed by atoms with Gasteiger partial charge >= 0.3 is 5.97 Å². The first-order valence-electron chi connectivity index (χ1n) is 8.34. The third-order valence-electron chi connectivity index (χ3n) is 4.41. The van der Waals surface area contributed by atoms with E-state index in [4.69, 9.17) is 9.84 Å². The third kappa shape index (κ3) is 2.47. The van der Waals surface area contributed by atoms with Gasteiger partial charge in [0.1, 0.15) is 0 Å². The first-order chi connectivity index (χ1) is 12.2. The Labute approximate surface area is 145 Å². The zero-order valence-corrected chi connectivity index (χ0v) is 14.2. The van der Waals surface area contributed by atoms with Crippen LogP contribution in [0.4, 0.5) is 0 Å². The largest absolute Gasteiger partial charge is 0.462 e. The van der Waals surface area contributed by atoms with Gasteiger partial charge in [-0.05, 0) is 19.9 Å². The van der Waals surface area contributed by atoms with Crippen molar-refractivity contribution in [1.82, 2.24) is 9.61 Å². The Morgan fingerprint density at radius 3 is 2.44 bits per heavy atom. The van der Waals surface area contributed by atoms with E-state index in [1.54, 1.807) is 0 Å². The molecule has 2 aromatic heterocycles. The van der Waals surface area contributed by atoms with Crippen LogP contribution in [0.3, 0.4) is 0 Å². The summed E-state index contributed by atoms with van der Waals surface area (Å²) in [6, 6.07) is 20.0. The summed E-state index contributed by atoms with van der Waals surface area (Å²) in [5.74, 6) is -0.310. The molecule has 2 heterocycles. The fraction of sp³-hybridized carbons (Fsp3) is 0.143. The van der Waals surface area contributed by atoms with Crippen molar-refractivity contribution in [2.45, 2.75) is 13.8 Å². The molecule has 0 saturated carbocycles. The summed E-state index contributed by atoms with van der Waals surface area (Å²) in [5.41, 5.74) is 4.28. The lowest BCUT2D eigenvalue weighted by atomic mass is 10.0. The molecule has 0 aliphatic heterocycles. The van der Waals surface area contributed by atoms with Gasteiger partial charge < -0.3 is 4.74 Å². The lowest BCUT2D eigenvalue weighted by Crippen LogP contribution is -2.11. The average Bonchev–Trinajstić information content (AvgIpc) is 3.09. The summed E-state index contributed by atoms with van der Waals surface area (Å²) in [7, 11) is 0. The quantitative estimate of drug-likeness (QED) is 0.514. The molecule has 4 nitrogen and oxygen atoms in total. The van der Waals surface area contributed by atoms with Crippen molar-refractivity contribution in [2.75, 3.05) is 6.61 Å². The minimum absolute atomic E-state index is 0.310. The molecule has 0 amide bonds. The fourth-order valence-electron chi connectivity index (χ4n) is 3.26. The van der Waals surface area contributed by atoms with E-state index >= 15 is 0 Å². The smallest absolute Gasteiger partial charge is 0.340 e. The number of hydrogen-bond donors (Lipinski definition) is 0. The van der Waals surface area contributed by atoms with Gasteiger partial charge in [0.25, 0.3) is 0 Å². The highest BCUT2D eigenvalue weighted by atomic mass is 16.5. The first-order valence-corrected chi connectivity index (χ1v) is 8.34. The Balaban J connectivity index is 2.06. The van der Waals surface area contributed by atoms with Crippen LogP contribution in [0.5, 0.6) is 0 Å². The minimum atomic E-state index is -0.310. The summed E-state index contributed by atoms with van der Waals surface area (Å²) >= 11 is 0. The van der Waals surface area contributed by atoms with E-state index in [1.807, 2.05) is 73.0 Å². The number of ether oxygens (including phenoxy) is 1. The second kappa shape index (κ2) is 6.06. The van der Waals surface area contributed by atoms with Crippen LogP contribution in [-0.2, 0) is 4.74 Å². The fourth-order valence-corrected chi connectivity index (χ4v) is 3.26. The van der Waals surface area contributed by atoms with Gasteiger partial charge in [-0.2, -0.15) is 5.10 Å². The molecular weight excluding hydrogens is 312 g/mol. The van der Waals surface area contributed by atoms with Crippen molar-refractivity contribution in [3.05, 3.63) is 71.9 Å². The number of pyridine rings is 1. The molecule has 0 spiro atoms. The molecule has 0 fully saturated rings. The van der Waals surface area contributed by atoms with Crippen LogP contribution in [0.2, 0.25) is 0 Å². The molecule has 2 aromatic carbocycles. The topological polar surface area (TPSA) is 43.6 Å². The van der Waals surface area contributed by atoms with Gasteiger partial charge in [0.15, 0.2) is 0 Å². The van der Waals surface area contributed by atoms with Gasteiger partial charge in [-0.1, -0.05) is 54.6 Å². The van der Waals surface area contributed by atoms with Crippen LogP contribution >= 0.6 is 0 Å². The average molecular weight is 330 g/mol. The molecule has 0 radical (unpaired) electrons. The molecule has 0 saturated heterocycles. The van der Waals surface area contributed by atoms with E-state index in [0.717, 1.165) is 33.2 Å². The lowest BCUT2D eigenvalue weighted by Gasteiger charge is -2.12. The normalized spacial score (nSPS) is 11.1. The molecule has 0 N–H and O–H groups in total. The molecule has 4 rings (SSSR count). The van der Waals surface area contributed by atoms with E-state index in [1.165, 1.54) is 0 Å². The Bertz CT molecular complexity index is 1080. The van der Waals surface area contributed by atoms with Crippen LogP contribution in [0.25, 0.3) is 27.5 Å². The number of fused-ring (bicyclic) bond motifs is 3. The van der Waals surface area contributed by atoms with Crippen molar-refractivity contribution in [2.24, 2.45) is 0 Å². The van der Waals surface area contributed by atoms with E-state index in [9.17, 15) is 4.79 Å². The molecule has 4 heteroatoms. The number of aryl methyl sites for hydroxylation is 1. The number of hydrogen-bond acceptors (Lipinski definition) is 3. The Kier molecular flexibility index (Phi) is 3.73. The van der Waals surface area contributed by atoms with Crippen LogP contribution < -0.4 is 0 Å². The number of esters is 1. The first kappa shape index (κ1) is 15.4. The van der Waals surface area contributed by atoms with Gasteiger partial charge in [-0.25, -0.2) is 9.31 Å². The maximum atomic E-state index is 12.5. The van der Waals surface area contributed by atoms with Crippen molar-refractivity contribution in [3.8, 4) is 11.3 Å². The number of carbonyl (C=O) groups is 1. The zero-order valence-electron chi connectivity index (χ0n) is 14.2. The van der Waals surface area contributed by atoms with Crippen molar-refractivity contribution >= 4 is 22.3 Å². The highest BCUT2D eigenvalue weighted by Crippen LogP contribution is 2.30. The predicted octanol–water partition coefficient (Wildman–Crippen LogP) is 4.64. The van der Waals surface area contributed by atoms with Crippen LogP contribution in [0.15, 0.2) is 60.7 Å². The van der Waals surface area contributed by atoms with Crippen molar-refractivity contribution in [1.29, 1.82) is 0 Å². The van der Waals surface area contributed by atoms with Gasteiger partial charge in [0.2, 0.25) is 0 Å². The molecular formula is C21H18N2O2. The summed E-state index contributed by atoms with van der Waals surface area (Å²) in [4.78, 5) is 12.5. The van der Waals surface area contributed by atoms with Crippen LogP contribution in [0.1, 0.15) is 23.0 Å². The van der Waals surface area contributed by atoms with E-state index < -0.39 is 0 Å². The second-order valence-electron chi connectivity index (χ2n) is 5.92. The van der Waals surface area contributed by atoms with Gasteiger partial charge in [-0.15, -0.1) is 0 Å². The van der Waals surface area contributed by atoms with Gasteiger partial charge in [-0.3, -0.25) is 0 Å². The Morgan fingerprint density at radius 1 is 1.04 bits per heavy atom. The summed E-state index contributed by atoms with van der Waals surface area (Å²) < 4.78 is 7.12. The summed E-state index contributed by atoms with van der Waals surface area (Å²) in [6.45, 7) is 4.07. The minimum Gasteiger partial charge on any atom is -0.462 e. The summed E-state index contributed by atoms with van der Waals surface area (Å²) in [5, 5.41) is 6.63. The number of benzene rings is 2. The molecule has 124 valence electrons. The standard InChI is InChI=1S/C21H18N2O2/c1-3-25-21(24)20-14(2)23-19(16-11-7-8-12-17(16)20)13-18(22-23)15-9-5-4-6-10-15/h4-13H,3H2,1-2H3. The SMILES string of the molecule is CCOC(=O)c1c(C)n2nc(-c3ccccc3)cc2c2ccccc12. The number of rotatable bonds is 3. The maximum absolute atomic E-state index is 12.5. The molecule has 0 bridgehead atoms. The van der Waals surface area contributed by atoms with Gasteiger partial charge in [0.05, 0.1) is 29.1 Å². The monoisotopic (exact) mass is 330 g/mol. The number of nitrogens with zero attached hydrogens (tertiary/aromatic N) is 2. The predicted molar refractivity (Wildman–Crippen MR) is 98.8 cm³/mol. The summed E-state index contributed by atoms with van der Waals surface area (Å²) in [6.07, 6.45) is 0. The highest BCUT2D eigenvalue weighted by molar-refractivity contribution is 6.10. The second-order valence-corrected chi connectivity index (χ2v) is 5.92. The number of aromatic nitrogens is 2. The van der Waals surface area contributed by atoms with Crippen LogP contribution in [0, 0.1) is 6.92 Å². The Morgan fingerprint density at radius 2 is 1.72 bits per heavy atom. The zero-order chi connectivity index (χ0) is 17.4. The molecule has 0 aliphatic rings. The van der Waals surface area contributed by atoms with Crippen LogP contribution in [-0.4, -0.2) is 22.2 Å². The van der Waals surface area contributed by atoms with E-state index in [0.29, 0.717) is 12.2 Å². The van der Waals surface area contributed by atoms with Crippen molar-refractivity contribution in [3.63, 3.8) is 0 Å². The molecule has 25 heavy (non-hydrogen) atoms. The lowest BCUT2D eigenvalue weighted by molar-refractivity contribution is 0.0527. The van der Waals surface area contributed by atoms with Crippen molar-refractivity contribution < 1.29 is 9.53 Å². The van der Waals surface area contributed by atoms with E-state index in [-0.39, 0.29) is 5.97 Å². The molecule has 4 aromatic rings. The van der Waals surface area contributed by atoms with E-state index in [2.05, 4.69) is 6.07 Å². The Hall–Kier alpha value is -3.14. The van der Waals surface area contributed by atoms with Gasteiger partial charge in [0, 0.05) is 16.3 Å². The highest BCUT2D eigenvalue weighted by Gasteiger charge is 2.20. The molecule has 0 unspecified atom stereocenters. The molecule has 0 atom stereocenters. The number of carbonyl (C=O) groups excluding carboxylic acids is 1. The third-order valence-corrected chi connectivity index (χ3v) is 4.41. The maximum Gasteiger partial charge on any atom is 0.340 e. The molecule has 0 aliphatic carbocycles.